The fourth-order valence-electron chi connectivity index (χ4n) is 3.38. The molecule has 3 rings (SSSR count). The van der Waals surface area contributed by atoms with Crippen LogP contribution in [0.15, 0.2) is 17.5 Å². The molecule has 3 heterocycles. The van der Waals surface area contributed by atoms with E-state index in [4.69, 9.17) is 24.5 Å². The predicted octanol–water partition coefficient (Wildman–Crippen LogP) is 2.18. The normalized spacial score (nSPS) is 26.2. The Kier molecular flexibility index (Phi) is 6.55. The lowest BCUT2D eigenvalue weighted by Crippen LogP contribution is -2.43. The van der Waals surface area contributed by atoms with E-state index in [1.54, 1.807) is 11.3 Å². The number of rotatable bonds is 3. The van der Waals surface area contributed by atoms with Gasteiger partial charge in [0, 0.05) is 17.0 Å². The van der Waals surface area contributed by atoms with Gasteiger partial charge in [-0.25, -0.2) is 9.59 Å². The SMILES string of the molecule is CC(C(=O)OC1CC2CCC(C1)N2C)c1cccs1.O=C(O)C(=O)O. The topological polar surface area (TPSA) is 104 Å². The molecular formula is C17H23NO6S. The van der Waals surface area contributed by atoms with Crippen LogP contribution in [0.1, 0.15) is 43.4 Å². The molecule has 2 bridgehead atoms. The molecule has 0 aliphatic carbocycles. The van der Waals surface area contributed by atoms with Crippen LogP contribution in [0, 0.1) is 0 Å². The first-order valence-corrected chi connectivity index (χ1v) is 9.09. The fourth-order valence-corrected chi connectivity index (χ4v) is 4.15. The van der Waals surface area contributed by atoms with E-state index >= 15 is 0 Å². The largest absolute Gasteiger partial charge is 0.473 e. The van der Waals surface area contributed by atoms with Crippen molar-refractivity contribution in [2.45, 2.75) is 56.7 Å². The van der Waals surface area contributed by atoms with Gasteiger partial charge in [0.15, 0.2) is 0 Å². The zero-order valence-corrected chi connectivity index (χ0v) is 15.1. The number of carbonyl (C=O) groups excluding carboxylic acids is 1. The molecule has 2 N–H and O–H groups in total. The number of carboxylic acid groups (broad SMARTS) is 2. The first-order chi connectivity index (χ1) is 11.8. The Labute approximate surface area is 150 Å². The van der Waals surface area contributed by atoms with Crippen LogP contribution in [0.3, 0.4) is 0 Å². The van der Waals surface area contributed by atoms with Gasteiger partial charge in [0.2, 0.25) is 0 Å². The van der Waals surface area contributed by atoms with Crippen molar-refractivity contribution in [1.82, 2.24) is 4.90 Å². The molecule has 2 aliphatic heterocycles. The third kappa shape index (κ3) is 5.02. The lowest BCUT2D eigenvalue weighted by atomic mass is 10.0. The van der Waals surface area contributed by atoms with Gasteiger partial charge in [0.25, 0.3) is 0 Å². The smallest absolute Gasteiger partial charge is 0.414 e. The molecule has 0 aromatic carbocycles. The molecule has 2 aliphatic rings. The van der Waals surface area contributed by atoms with Gasteiger partial charge in [-0.05, 0) is 51.1 Å². The van der Waals surface area contributed by atoms with E-state index in [9.17, 15) is 4.79 Å². The average molecular weight is 369 g/mol. The standard InChI is InChI=1S/C15H21NO2S.C2H2O4/c1-10(14-4-3-7-19-14)15(17)18-13-8-11-5-6-12(9-13)16(11)2;3-1(4)2(5)6/h3-4,7,10-13H,5-6,8-9H2,1-2H3;(H,3,4)(H,5,6). The summed E-state index contributed by atoms with van der Waals surface area (Å²) in [4.78, 5) is 34.0. The average Bonchev–Trinajstić information content (AvgIpc) is 3.14. The number of nitrogens with zero attached hydrogens (tertiary/aromatic N) is 1. The number of thiophene rings is 1. The van der Waals surface area contributed by atoms with E-state index in [1.165, 1.54) is 12.8 Å². The molecule has 1 aromatic heterocycles. The highest BCUT2D eigenvalue weighted by Gasteiger charge is 2.40. The van der Waals surface area contributed by atoms with Crippen molar-refractivity contribution in [3.8, 4) is 0 Å². The van der Waals surface area contributed by atoms with Gasteiger partial charge >= 0.3 is 17.9 Å². The minimum Gasteiger partial charge on any atom is -0.473 e. The maximum Gasteiger partial charge on any atom is 0.414 e. The zero-order valence-electron chi connectivity index (χ0n) is 14.3. The molecule has 2 saturated heterocycles. The first-order valence-electron chi connectivity index (χ1n) is 8.21. The van der Waals surface area contributed by atoms with Gasteiger partial charge in [0.05, 0.1) is 5.92 Å². The monoisotopic (exact) mass is 369 g/mol. The highest BCUT2D eigenvalue weighted by Crippen LogP contribution is 2.36. The summed E-state index contributed by atoms with van der Waals surface area (Å²) in [5, 5.41) is 16.8. The number of ether oxygens (including phenoxy) is 1. The molecule has 8 heteroatoms. The highest BCUT2D eigenvalue weighted by molar-refractivity contribution is 7.10. The highest BCUT2D eigenvalue weighted by atomic mass is 32.1. The van der Waals surface area contributed by atoms with Crippen LogP contribution in [0.4, 0.5) is 0 Å². The number of aliphatic carboxylic acids is 2. The molecule has 2 fully saturated rings. The summed E-state index contributed by atoms with van der Waals surface area (Å²) in [5.74, 6) is -3.83. The van der Waals surface area contributed by atoms with Crippen LogP contribution >= 0.6 is 11.3 Å². The van der Waals surface area contributed by atoms with Gasteiger partial charge in [-0.15, -0.1) is 11.3 Å². The second kappa shape index (κ2) is 8.44. The quantitative estimate of drug-likeness (QED) is 0.621. The number of carboxylic acids is 2. The molecular weight excluding hydrogens is 346 g/mol. The van der Waals surface area contributed by atoms with Crippen molar-refractivity contribution < 1.29 is 29.3 Å². The van der Waals surface area contributed by atoms with E-state index < -0.39 is 11.9 Å². The molecule has 3 unspecified atom stereocenters. The van der Waals surface area contributed by atoms with Crippen molar-refractivity contribution in [1.29, 1.82) is 0 Å². The van der Waals surface area contributed by atoms with Crippen LogP contribution in [0.5, 0.6) is 0 Å². The molecule has 7 nitrogen and oxygen atoms in total. The van der Waals surface area contributed by atoms with Crippen LogP contribution < -0.4 is 0 Å². The zero-order chi connectivity index (χ0) is 18.6. The van der Waals surface area contributed by atoms with Crippen LogP contribution in [-0.4, -0.2) is 58.3 Å². The van der Waals surface area contributed by atoms with E-state index in [1.807, 2.05) is 24.4 Å². The van der Waals surface area contributed by atoms with Crippen molar-refractivity contribution in [2.75, 3.05) is 7.05 Å². The molecule has 1 aromatic rings. The van der Waals surface area contributed by atoms with E-state index in [0.29, 0.717) is 12.1 Å². The molecule has 25 heavy (non-hydrogen) atoms. The minimum atomic E-state index is -1.82. The molecule has 0 saturated carbocycles. The number of esters is 1. The predicted molar refractivity (Wildman–Crippen MR) is 91.7 cm³/mol. The maximum atomic E-state index is 12.2. The Morgan fingerprint density at radius 3 is 2.20 bits per heavy atom. The fraction of sp³-hybridized carbons (Fsp3) is 0.588. The lowest BCUT2D eigenvalue weighted by Gasteiger charge is -2.36. The third-order valence-corrected chi connectivity index (χ3v) is 5.90. The Morgan fingerprint density at radius 2 is 1.76 bits per heavy atom. The number of piperidine rings is 1. The summed E-state index contributed by atoms with van der Waals surface area (Å²) in [6.45, 7) is 1.94. The Bertz CT molecular complexity index is 591. The van der Waals surface area contributed by atoms with Gasteiger partial charge in [-0.3, -0.25) is 4.79 Å². The number of fused-ring (bicyclic) bond motifs is 2. The lowest BCUT2D eigenvalue weighted by molar-refractivity contribution is -0.159. The van der Waals surface area contributed by atoms with Gasteiger partial charge in [0.1, 0.15) is 6.10 Å². The third-order valence-electron chi connectivity index (χ3n) is 4.84. The van der Waals surface area contributed by atoms with E-state index in [2.05, 4.69) is 11.9 Å². The number of hydrogen-bond donors (Lipinski definition) is 2. The molecule has 138 valence electrons. The molecule has 0 amide bonds. The molecule has 0 radical (unpaired) electrons. The Balaban J connectivity index is 0.000000326. The Morgan fingerprint density at radius 1 is 1.20 bits per heavy atom. The van der Waals surface area contributed by atoms with Crippen molar-refractivity contribution in [2.24, 2.45) is 0 Å². The summed E-state index contributed by atoms with van der Waals surface area (Å²) in [6, 6.07) is 5.23. The summed E-state index contributed by atoms with van der Waals surface area (Å²) in [5.41, 5.74) is 0. The van der Waals surface area contributed by atoms with Crippen LogP contribution in [-0.2, 0) is 19.1 Å². The van der Waals surface area contributed by atoms with Crippen LogP contribution in [0.2, 0.25) is 0 Å². The maximum absolute atomic E-state index is 12.2. The van der Waals surface area contributed by atoms with Gasteiger partial charge in [-0.1, -0.05) is 6.07 Å². The second-order valence-corrected chi connectivity index (χ2v) is 7.41. The van der Waals surface area contributed by atoms with E-state index in [-0.39, 0.29) is 18.0 Å². The Hall–Kier alpha value is -1.93. The van der Waals surface area contributed by atoms with Crippen molar-refractivity contribution >= 4 is 29.2 Å². The van der Waals surface area contributed by atoms with Crippen LogP contribution in [0.25, 0.3) is 0 Å². The first kappa shape index (κ1) is 19.4. The second-order valence-electron chi connectivity index (χ2n) is 6.43. The minimum absolute atomic E-state index is 0.0589. The summed E-state index contributed by atoms with van der Waals surface area (Å²) in [7, 11) is 2.20. The van der Waals surface area contributed by atoms with Gasteiger partial charge < -0.3 is 19.8 Å². The summed E-state index contributed by atoms with van der Waals surface area (Å²) >= 11 is 1.63. The van der Waals surface area contributed by atoms with Crippen molar-refractivity contribution in [3.63, 3.8) is 0 Å². The molecule has 0 spiro atoms. The number of carbonyl (C=O) groups is 3. The van der Waals surface area contributed by atoms with Gasteiger partial charge in [-0.2, -0.15) is 0 Å². The van der Waals surface area contributed by atoms with E-state index in [0.717, 1.165) is 17.7 Å². The summed E-state index contributed by atoms with van der Waals surface area (Å²) < 4.78 is 5.75. The summed E-state index contributed by atoms with van der Waals surface area (Å²) in [6.07, 6.45) is 4.67. The van der Waals surface area contributed by atoms with Crippen molar-refractivity contribution in [3.05, 3.63) is 22.4 Å². The number of hydrogen-bond acceptors (Lipinski definition) is 6. The molecule has 3 atom stereocenters.